The number of carbonyl (C=O) groups is 3. The van der Waals surface area contributed by atoms with E-state index in [-0.39, 0.29) is 17.3 Å². The summed E-state index contributed by atoms with van der Waals surface area (Å²) in [6, 6.07) is 28.9. The molecular formula is C36H31N5O6S2. The summed E-state index contributed by atoms with van der Waals surface area (Å²) in [6.45, 7) is 4.03. The van der Waals surface area contributed by atoms with E-state index in [9.17, 15) is 24.5 Å². The quantitative estimate of drug-likeness (QED) is 0.0492. The molecule has 0 spiro atoms. The molecular weight excluding hydrogens is 663 g/mol. The monoisotopic (exact) mass is 693 g/mol. The Morgan fingerprint density at radius 3 is 2.49 bits per heavy atom. The number of aromatic nitrogens is 1. The van der Waals surface area contributed by atoms with Crippen LogP contribution in [0.1, 0.15) is 29.8 Å². The van der Waals surface area contributed by atoms with Crippen LogP contribution in [-0.4, -0.2) is 39.5 Å². The summed E-state index contributed by atoms with van der Waals surface area (Å²) in [4.78, 5) is 55.5. The van der Waals surface area contributed by atoms with E-state index in [1.54, 1.807) is 91.2 Å². The van der Waals surface area contributed by atoms with Crippen molar-refractivity contribution in [1.29, 1.82) is 0 Å². The number of nitrogens with zero attached hydrogens (tertiary/aromatic N) is 2. The number of thioether (sulfide) groups is 1. The summed E-state index contributed by atoms with van der Waals surface area (Å²) >= 11 is 2.50. The van der Waals surface area contributed by atoms with Crippen LogP contribution in [0, 0.1) is 10.1 Å². The third-order valence-electron chi connectivity index (χ3n) is 6.91. The number of nitrogens with one attached hydrogen (secondary N) is 3. The van der Waals surface area contributed by atoms with Crippen LogP contribution in [0.3, 0.4) is 0 Å². The molecule has 11 nitrogen and oxygen atoms in total. The molecule has 0 aliphatic heterocycles. The summed E-state index contributed by atoms with van der Waals surface area (Å²) in [5.41, 5.74) is 2.52. The van der Waals surface area contributed by atoms with Crippen LogP contribution in [0.4, 0.5) is 16.5 Å². The minimum absolute atomic E-state index is 0.0136. The van der Waals surface area contributed by atoms with Crippen molar-refractivity contribution in [3.63, 3.8) is 0 Å². The average molecular weight is 694 g/mol. The Morgan fingerprint density at radius 2 is 1.71 bits per heavy atom. The van der Waals surface area contributed by atoms with E-state index in [1.165, 1.54) is 35.2 Å². The molecule has 1 heterocycles. The van der Waals surface area contributed by atoms with E-state index in [2.05, 4.69) is 20.9 Å². The van der Waals surface area contributed by atoms with E-state index in [0.717, 1.165) is 4.90 Å². The van der Waals surface area contributed by atoms with Crippen LogP contribution in [0.2, 0.25) is 0 Å². The lowest BCUT2D eigenvalue weighted by Gasteiger charge is -2.14. The number of para-hydroxylation sites is 1. The van der Waals surface area contributed by atoms with Gasteiger partial charge in [-0.1, -0.05) is 54.6 Å². The number of ether oxygens (including phenoxy) is 1. The van der Waals surface area contributed by atoms with Gasteiger partial charge in [-0.15, -0.1) is 23.1 Å². The van der Waals surface area contributed by atoms with E-state index in [0.29, 0.717) is 45.6 Å². The van der Waals surface area contributed by atoms with Crippen LogP contribution in [-0.2, 0) is 9.59 Å². The Labute approximate surface area is 290 Å². The Morgan fingerprint density at radius 1 is 0.959 bits per heavy atom. The first-order chi connectivity index (χ1) is 23.7. The molecule has 3 amide bonds. The first-order valence-electron chi connectivity index (χ1n) is 15.1. The van der Waals surface area contributed by atoms with Crippen molar-refractivity contribution < 1.29 is 24.0 Å². The highest BCUT2D eigenvalue weighted by molar-refractivity contribution is 8.00. The molecule has 0 saturated heterocycles. The van der Waals surface area contributed by atoms with E-state index in [1.807, 2.05) is 25.1 Å². The zero-order valence-corrected chi connectivity index (χ0v) is 28.0. The topological polar surface area (TPSA) is 153 Å². The number of anilines is 2. The average Bonchev–Trinajstić information content (AvgIpc) is 3.58. The Balaban J connectivity index is 1.27. The molecule has 0 radical (unpaired) electrons. The molecule has 5 rings (SSSR count). The predicted molar refractivity (Wildman–Crippen MR) is 193 cm³/mol. The number of amides is 3. The molecule has 0 fully saturated rings. The summed E-state index contributed by atoms with van der Waals surface area (Å²) in [6.07, 6.45) is 1.56. The second-order valence-electron chi connectivity index (χ2n) is 10.4. The SMILES string of the molecule is CCOc1ccccc1/C=C(/NC(=O)c1ccccc1)C(=O)Nc1cccc(SC(C)C(=O)Nc2nc(-c3cccc([N+](=O)[O-])c3)cs2)c1. The fraction of sp³-hybridized carbons (Fsp3) is 0.111. The summed E-state index contributed by atoms with van der Waals surface area (Å²) in [5, 5.41) is 21.1. The number of hydrogen-bond acceptors (Lipinski definition) is 9. The number of carbonyl (C=O) groups excluding carboxylic acids is 3. The van der Waals surface area contributed by atoms with Gasteiger partial charge in [0.15, 0.2) is 5.13 Å². The summed E-state index contributed by atoms with van der Waals surface area (Å²) < 4.78 is 5.72. The van der Waals surface area contributed by atoms with Crippen LogP contribution >= 0.6 is 23.1 Å². The van der Waals surface area contributed by atoms with Gasteiger partial charge in [-0.25, -0.2) is 4.98 Å². The molecule has 0 aliphatic rings. The van der Waals surface area contributed by atoms with Crippen LogP contribution in [0.25, 0.3) is 17.3 Å². The molecule has 1 atom stereocenters. The number of benzene rings is 4. The molecule has 1 aromatic heterocycles. The van der Waals surface area contributed by atoms with Gasteiger partial charge in [-0.05, 0) is 56.3 Å². The molecule has 4 aromatic carbocycles. The van der Waals surface area contributed by atoms with Crippen LogP contribution in [0.5, 0.6) is 5.75 Å². The number of rotatable bonds is 13. The van der Waals surface area contributed by atoms with Gasteiger partial charge in [0.2, 0.25) is 5.91 Å². The molecule has 1 unspecified atom stereocenters. The van der Waals surface area contributed by atoms with Crippen molar-refractivity contribution in [3.8, 4) is 17.0 Å². The summed E-state index contributed by atoms with van der Waals surface area (Å²) in [5.74, 6) is -0.724. The predicted octanol–water partition coefficient (Wildman–Crippen LogP) is 7.65. The number of nitro groups is 1. The Bertz CT molecular complexity index is 2010. The minimum atomic E-state index is -0.549. The standard InChI is InChI=1S/C36H31N5O6S2/c1-3-47-32-18-8-7-13-26(32)20-30(38-34(43)24-11-5-4-6-12-24)35(44)37-27-15-10-17-29(21-27)49-23(2)33(42)40-36-39-31(22-48-36)25-14-9-16-28(19-25)41(45)46/h4-23H,3H2,1-2H3,(H,37,44)(H,38,43)(H,39,40,42)/b30-20+. The van der Waals surface area contributed by atoms with Crippen molar-refractivity contribution >= 4 is 63.4 Å². The number of hydrogen-bond donors (Lipinski definition) is 3. The van der Waals surface area contributed by atoms with E-state index in [4.69, 9.17) is 4.74 Å². The lowest BCUT2D eigenvalue weighted by molar-refractivity contribution is -0.384. The molecule has 13 heteroatoms. The van der Waals surface area contributed by atoms with Gasteiger partial charge < -0.3 is 20.7 Å². The normalized spacial score (nSPS) is 11.7. The molecule has 0 aliphatic carbocycles. The molecule has 5 aromatic rings. The maximum absolute atomic E-state index is 13.6. The molecule has 49 heavy (non-hydrogen) atoms. The van der Waals surface area contributed by atoms with Crippen molar-refractivity contribution in [3.05, 3.63) is 135 Å². The zero-order chi connectivity index (χ0) is 34.8. The fourth-order valence-corrected chi connectivity index (χ4v) is 6.19. The fourth-order valence-electron chi connectivity index (χ4n) is 4.54. The van der Waals surface area contributed by atoms with Crippen LogP contribution in [0.15, 0.2) is 119 Å². The van der Waals surface area contributed by atoms with E-state index >= 15 is 0 Å². The van der Waals surface area contributed by atoms with Gasteiger partial charge in [-0.3, -0.25) is 24.5 Å². The maximum atomic E-state index is 13.6. The number of nitro benzene ring substituents is 1. The van der Waals surface area contributed by atoms with Gasteiger partial charge in [0.1, 0.15) is 11.4 Å². The smallest absolute Gasteiger partial charge is 0.272 e. The highest BCUT2D eigenvalue weighted by atomic mass is 32.2. The molecule has 0 bridgehead atoms. The van der Waals surface area contributed by atoms with Gasteiger partial charge >= 0.3 is 0 Å². The second kappa shape index (κ2) is 16.4. The third-order valence-corrected chi connectivity index (χ3v) is 8.76. The number of thiazole rings is 1. The van der Waals surface area contributed by atoms with Gasteiger partial charge in [0.25, 0.3) is 17.5 Å². The maximum Gasteiger partial charge on any atom is 0.272 e. The molecule has 3 N–H and O–H groups in total. The molecule has 248 valence electrons. The van der Waals surface area contributed by atoms with Gasteiger partial charge in [0, 0.05) is 44.8 Å². The lowest BCUT2D eigenvalue weighted by Crippen LogP contribution is -2.30. The Hall–Kier alpha value is -5.79. The van der Waals surface area contributed by atoms with Crippen molar-refractivity contribution in [2.24, 2.45) is 0 Å². The third kappa shape index (κ3) is 9.40. The van der Waals surface area contributed by atoms with Crippen molar-refractivity contribution in [1.82, 2.24) is 10.3 Å². The lowest BCUT2D eigenvalue weighted by atomic mass is 10.1. The molecule has 0 saturated carbocycles. The summed E-state index contributed by atoms with van der Waals surface area (Å²) in [7, 11) is 0. The largest absolute Gasteiger partial charge is 0.493 e. The highest BCUT2D eigenvalue weighted by Crippen LogP contribution is 2.30. The van der Waals surface area contributed by atoms with Crippen LogP contribution < -0.4 is 20.7 Å². The van der Waals surface area contributed by atoms with Gasteiger partial charge in [-0.2, -0.15) is 0 Å². The zero-order valence-electron chi connectivity index (χ0n) is 26.4. The minimum Gasteiger partial charge on any atom is -0.493 e. The van der Waals surface area contributed by atoms with E-state index < -0.39 is 22.0 Å². The number of non-ortho nitro benzene ring substituents is 1. The van der Waals surface area contributed by atoms with Gasteiger partial charge in [0.05, 0.1) is 22.5 Å². The second-order valence-corrected chi connectivity index (χ2v) is 12.7. The highest BCUT2D eigenvalue weighted by Gasteiger charge is 2.19. The first-order valence-corrected chi connectivity index (χ1v) is 16.9. The van der Waals surface area contributed by atoms with Crippen molar-refractivity contribution in [2.45, 2.75) is 24.0 Å². The Kier molecular flexibility index (Phi) is 11.5. The van der Waals surface area contributed by atoms with Crippen molar-refractivity contribution in [2.75, 3.05) is 17.2 Å². The first kappa shape index (κ1) is 34.5.